The third kappa shape index (κ3) is 7.86. The first kappa shape index (κ1) is 31.2. The van der Waals surface area contributed by atoms with E-state index in [-0.39, 0.29) is 17.3 Å². The summed E-state index contributed by atoms with van der Waals surface area (Å²) in [5.41, 5.74) is 2.28. The molecule has 214 valence electrons. The van der Waals surface area contributed by atoms with Crippen LogP contribution in [0.2, 0.25) is 5.02 Å². The average Bonchev–Trinajstić information content (AvgIpc) is 2.88. The second-order valence-electron chi connectivity index (χ2n) is 10.9. The van der Waals surface area contributed by atoms with Crippen LogP contribution in [0.5, 0.6) is 0 Å². The Balaban J connectivity index is 2.11. The molecule has 0 spiro atoms. The van der Waals surface area contributed by atoms with E-state index in [9.17, 15) is 18.0 Å². The number of benzene rings is 3. The van der Waals surface area contributed by atoms with E-state index >= 15 is 0 Å². The van der Waals surface area contributed by atoms with E-state index in [1.54, 1.807) is 43.3 Å². The van der Waals surface area contributed by atoms with Crippen molar-refractivity contribution >= 4 is 39.1 Å². The summed E-state index contributed by atoms with van der Waals surface area (Å²) in [6.45, 7) is 10.8. The van der Waals surface area contributed by atoms with Crippen molar-refractivity contribution in [3.63, 3.8) is 0 Å². The minimum atomic E-state index is -4.16. The number of amides is 2. The van der Waals surface area contributed by atoms with Crippen LogP contribution in [0.25, 0.3) is 0 Å². The van der Waals surface area contributed by atoms with Gasteiger partial charge in [-0.1, -0.05) is 72.6 Å². The van der Waals surface area contributed by atoms with Gasteiger partial charge in [0.1, 0.15) is 12.6 Å². The van der Waals surface area contributed by atoms with Gasteiger partial charge in [0.05, 0.1) is 10.6 Å². The number of carbonyl (C=O) groups is 2. The third-order valence-electron chi connectivity index (χ3n) is 6.37. The third-order valence-corrected chi connectivity index (χ3v) is 8.38. The zero-order chi connectivity index (χ0) is 29.7. The molecule has 3 aromatic carbocycles. The van der Waals surface area contributed by atoms with Crippen LogP contribution in [0.4, 0.5) is 5.69 Å². The van der Waals surface area contributed by atoms with E-state index in [0.717, 1.165) is 15.4 Å². The van der Waals surface area contributed by atoms with Crippen molar-refractivity contribution in [3.8, 4) is 0 Å². The topological polar surface area (TPSA) is 86.8 Å². The Hall–Kier alpha value is -3.36. The van der Waals surface area contributed by atoms with Gasteiger partial charge < -0.3 is 10.2 Å². The number of rotatable bonds is 10. The molecule has 1 N–H and O–H groups in total. The second-order valence-corrected chi connectivity index (χ2v) is 13.2. The molecule has 1 atom stereocenters. The maximum atomic E-state index is 14.2. The molecule has 0 saturated heterocycles. The molecule has 0 saturated carbocycles. The number of hydrogen-bond donors (Lipinski definition) is 1. The van der Waals surface area contributed by atoms with Crippen molar-refractivity contribution in [3.05, 3.63) is 94.5 Å². The van der Waals surface area contributed by atoms with Crippen molar-refractivity contribution in [1.29, 1.82) is 0 Å². The fourth-order valence-corrected chi connectivity index (χ4v) is 6.12. The Labute approximate surface area is 243 Å². The summed E-state index contributed by atoms with van der Waals surface area (Å²) in [7, 11) is -4.16. The number of sulfonamides is 1. The molecule has 0 aromatic heterocycles. The first-order chi connectivity index (χ1) is 18.7. The van der Waals surface area contributed by atoms with Gasteiger partial charge in [-0.2, -0.15) is 0 Å². The summed E-state index contributed by atoms with van der Waals surface area (Å²) >= 11 is 6.28. The highest BCUT2D eigenvalue weighted by Gasteiger charge is 2.35. The first-order valence-corrected chi connectivity index (χ1v) is 15.1. The number of nitrogens with one attached hydrogen (secondary N) is 1. The SMILES string of the molecule is CC[C@@H](C(=O)NC(C)(C)C)N(Cc1cccc(C)c1)C(=O)CN(c1cc(Cl)ccc1C)S(=O)(=O)c1ccccc1. The molecule has 40 heavy (non-hydrogen) atoms. The van der Waals surface area contributed by atoms with E-state index in [1.165, 1.54) is 17.0 Å². The molecule has 0 aliphatic heterocycles. The summed E-state index contributed by atoms with van der Waals surface area (Å²) in [4.78, 5) is 29.1. The molecule has 3 rings (SSSR count). The molecule has 0 unspecified atom stereocenters. The van der Waals surface area contributed by atoms with Gasteiger partial charge in [0.15, 0.2) is 0 Å². The Morgan fingerprint density at radius 3 is 2.23 bits per heavy atom. The highest BCUT2D eigenvalue weighted by molar-refractivity contribution is 7.92. The highest BCUT2D eigenvalue weighted by Crippen LogP contribution is 2.30. The van der Waals surface area contributed by atoms with Gasteiger partial charge >= 0.3 is 0 Å². The Kier molecular flexibility index (Phi) is 10.0. The van der Waals surface area contributed by atoms with Crippen LogP contribution in [0, 0.1) is 13.8 Å². The van der Waals surface area contributed by atoms with Gasteiger partial charge in [-0.3, -0.25) is 13.9 Å². The summed E-state index contributed by atoms with van der Waals surface area (Å²) in [5, 5.41) is 3.32. The molecule has 0 aliphatic rings. The Bertz CT molecular complexity index is 1450. The van der Waals surface area contributed by atoms with E-state index < -0.39 is 34.1 Å². The Morgan fingerprint density at radius 1 is 0.950 bits per heavy atom. The molecule has 2 amide bonds. The van der Waals surface area contributed by atoms with Gasteiger partial charge in [0.25, 0.3) is 10.0 Å². The van der Waals surface area contributed by atoms with Crippen molar-refractivity contribution in [2.45, 2.75) is 71.0 Å². The molecule has 3 aromatic rings. The molecular formula is C31H38ClN3O4S. The molecule has 9 heteroatoms. The van der Waals surface area contributed by atoms with Crippen LogP contribution < -0.4 is 9.62 Å². The molecule has 7 nitrogen and oxygen atoms in total. The second kappa shape index (κ2) is 12.9. The van der Waals surface area contributed by atoms with Crippen molar-refractivity contribution in [2.24, 2.45) is 0 Å². The zero-order valence-corrected chi connectivity index (χ0v) is 25.5. The standard InChI is InChI=1S/C31H38ClN3O4S/c1-7-27(30(37)33-31(4,5)6)34(20-24-13-11-12-22(2)18-24)29(36)21-35(28-19-25(32)17-16-23(28)3)40(38,39)26-14-9-8-10-15-26/h8-19,27H,7,20-21H2,1-6H3,(H,33,37)/t27-/m0/s1. The fourth-order valence-electron chi connectivity index (χ4n) is 4.46. The van der Waals surface area contributed by atoms with Crippen LogP contribution in [-0.2, 0) is 26.2 Å². The van der Waals surface area contributed by atoms with Crippen LogP contribution in [0.1, 0.15) is 50.8 Å². The van der Waals surface area contributed by atoms with Crippen LogP contribution >= 0.6 is 11.6 Å². The normalized spacial score (nSPS) is 12.5. The summed E-state index contributed by atoms with van der Waals surface area (Å²) < 4.78 is 29.0. The van der Waals surface area contributed by atoms with Gasteiger partial charge in [-0.15, -0.1) is 0 Å². The van der Waals surface area contributed by atoms with E-state index in [0.29, 0.717) is 22.7 Å². The van der Waals surface area contributed by atoms with E-state index in [4.69, 9.17) is 11.6 Å². The lowest BCUT2D eigenvalue weighted by Crippen LogP contribution is -2.55. The van der Waals surface area contributed by atoms with E-state index in [1.807, 2.05) is 58.9 Å². The summed E-state index contributed by atoms with van der Waals surface area (Å²) in [6, 6.07) is 19.8. The number of aryl methyl sites for hydroxylation is 2. The predicted molar refractivity (Wildman–Crippen MR) is 161 cm³/mol. The number of anilines is 1. The molecule has 0 aliphatic carbocycles. The summed E-state index contributed by atoms with van der Waals surface area (Å²) in [6.07, 6.45) is 0.348. The van der Waals surface area contributed by atoms with E-state index in [2.05, 4.69) is 5.32 Å². The van der Waals surface area contributed by atoms with Crippen molar-refractivity contribution in [2.75, 3.05) is 10.8 Å². The molecule has 0 bridgehead atoms. The first-order valence-electron chi connectivity index (χ1n) is 13.2. The highest BCUT2D eigenvalue weighted by atomic mass is 35.5. The van der Waals surface area contributed by atoms with Gasteiger partial charge in [-0.25, -0.2) is 8.42 Å². The van der Waals surface area contributed by atoms with Gasteiger partial charge in [0, 0.05) is 17.1 Å². The zero-order valence-electron chi connectivity index (χ0n) is 23.9. The minimum Gasteiger partial charge on any atom is -0.350 e. The van der Waals surface area contributed by atoms with Crippen LogP contribution in [0.15, 0.2) is 77.7 Å². The van der Waals surface area contributed by atoms with Crippen LogP contribution in [-0.4, -0.2) is 43.3 Å². The molecule has 0 fully saturated rings. The lowest BCUT2D eigenvalue weighted by atomic mass is 10.0. The van der Waals surface area contributed by atoms with Crippen molar-refractivity contribution in [1.82, 2.24) is 10.2 Å². The van der Waals surface area contributed by atoms with Crippen LogP contribution in [0.3, 0.4) is 0 Å². The number of carbonyl (C=O) groups excluding carboxylic acids is 2. The van der Waals surface area contributed by atoms with Gasteiger partial charge in [-0.05, 0) is 76.4 Å². The number of halogens is 1. The van der Waals surface area contributed by atoms with Crippen molar-refractivity contribution < 1.29 is 18.0 Å². The smallest absolute Gasteiger partial charge is 0.264 e. The molecule has 0 heterocycles. The number of nitrogens with zero attached hydrogens (tertiary/aromatic N) is 2. The lowest BCUT2D eigenvalue weighted by molar-refractivity contribution is -0.141. The number of hydrogen-bond acceptors (Lipinski definition) is 4. The molecule has 0 radical (unpaired) electrons. The fraction of sp³-hybridized carbons (Fsp3) is 0.355. The quantitative estimate of drug-likeness (QED) is 0.323. The average molecular weight is 584 g/mol. The predicted octanol–water partition coefficient (Wildman–Crippen LogP) is 5.87. The lowest BCUT2D eigenvalue weighted by Gasteiger charge is -2.35. The minimum absolute atomic E-state index is 0.0462. The Morgan fingerprint density at radius 2 is 1.62 bits per heavy atom. The maximum Gasteiger partial charge on any atom is 0.264 e. The maximum absolute atomic E-state index is 14.2. The molecular weight excluding hydrogens is 546 g/mol. The van der Waals surface area contributed by atoms with Gasteiger partial charge in [0.2, 0.25) is 11.8 Å². The largest absolute Gasteiger partial charge is 0.350 e. The monoisotopic (exact) mass is 583 g/mol. The summed E-state index contributed by atoms with van der Waals surface area (Å²) in [5.74, 6) is -0.802.